The molecule has 0 fully saturated rings. The maximum atomic E-state index is 11.3. The number of amides is 1. The molecule has 0 spiro atoms. The fourth-order valence-corrected chi connectivity index (χ4v) is 1.54. The van der Waals surface area contributed by atoms with Gasteiger partial charge in [0.1, 0.15) is 5.69 Å². The molecular formula is C14H12N4O. The number of carbonyl (C=O) groups excluding carboxylic acids is 1. The minimum absolute atomic E-state index is 0.147. The van der Waals surface area contributed by atoms with Crippen molar-refractivity contribution in [2.45, 2.75) is 0 Å². The Hall–Kier alpha value is -2.87. The third-order valence-electron chi connectivity index (χ3n) is 2.40. The van der Waals surface area contributed by atoms with Gasteiger partial charge < -0.3 is 11.1 Å². The van der Waals surface area contributed by atoms with Crippen LogP contribution in [-0.2, 0) is 0 Å². The fourth-order valence-electron chi connectivity index (χ4n) is 1.54. The molecular weight excluding hydrogens is 240 g/mol. The van der Waals surface area contributed by atoms with Crippen molar-refractivity contribution in [2.75, 3.05) is 11.9 Å². The molecule has 0 aliphatic rings. The van der Waals surface area contributed by atoms with Gasteiger partial charge in [0.05, 0.1) is 12.2 Å². The van der Waals surface area contributed by atoms with Crippen LogP contribution < -0.4 is 11.1 Å². The van der Waals surface area contributed by atoms with Crippen LogP contribution in [0.5, 0.6) is 0 Å². The summed E-state index contributed by atoms with van der Waals surface area (Å²) in [6.07, 6.45) is 5.16. The average Bonchev–Trinajstić information content (AvgIpc) is 2.45. The van der Waals surface area contributed by atoms with Crippen molar-refractivity contribution in [2.24, 2.45) is 5.73 Å². The van der Waals surface area contributed by atoms with Crippen LogP contribution in [0.1, 0.15) is 10.5 Å². The zero-order valence-electron chi connectivity index (χ0n) is 10.1. The van der Waals surface area contributed by atoms with Gasteiger partial charge in [-0.05, 0) is 6.07 Å². The van der Waals surface area contributed by atoms with Crippen LogP contribution in [0.15, 0.2) is 36.4 Å². The van der Waals surface area contributed by atoms with E-state index in [0.717, 1.165) is 5.56 Å². The van der Waals surface area contributed by atoms with Gasteiger partial charge in [0.25, 0.3) is 5.91 Å². The molecule has 0 aliphatic carbocycles. The van der Waals surface area contributed by atoms with E-state index in [1.807, 2.05) is 30.3 Å². The number of hydrogen-bond acceptors (Lipinski definition) is 4. The second-order valence-electron chi connectivity index (χ2n) is 3.75. The third-order valence-corrected chi connectivity index (χ3v) is 2.40. The molecule has 5 nitrogen and oxygen atoms in total. The third kappa shape index (κ3) is 3.07. The molecule has 19 heavy (non-hydrogen) atoms. The van der Waals surface area contributed by atoms with E-state index in [1.54, 1.807) is 6.07 Å². The van der Waals surface area contributed by atoms with Crippen molar-refractivity contribution in [1.29, 1.82) is 0 Å². The van der Waals surface area contributed by atoms with E-state index < -0.39 is 5.91 Å². The van der Waals surface area contributed by atoms with Gasteiger partial charge >= 0.3 is 0 Å². The summed E-state index contributed by atoms with van der Waals surface area (Å²) in [6.45, 7) is 0.274. The van der Waals surface area contributed by atoms with Crippen molar-refractivity contribution in [3.63, 3.8) is 0 Å². The van der Waals surface area contributed by atoms with Crippen LogP contribution in [0.4, 0.5) is 5.95 Å². The Kier molecular flexibility index (Phi) is 3.74. The first-order chi connectivity index (χ1) is 9.20. The lowest BCUT2D eigenvalue weighted by Gasteiger charge is -2.06. The van der Waals surface area contributed by atoms with E-state index in [9.17, 15) is 4.79 Å². The molecule has 1 aromatic heterocycles. The smallest absolute Gasteiger partial charge is 0.267 e. The predicted molar refractivity (Wildman–Crippen MR) is 73.3 cm³/mol. The summed E-state index contributed by atoms with van der Waals surface area (Å²) >= 11 is 0. The first-order valence-corrected chi connectivity index (χ1v) is 5.62. The van der Waals surface area contributed by atoms with E-state index in [1.165, 1.54) is 0 Å². The largest absolute Gasteiger partial charge is 0.364 e. The van der Waals surface area contributed by atoms with Crippen molar-refractivity contribution in [3.05, 3.63) is 42.1 Å². The SMILES string of the molecule is C#CCNc1nc(C(N)=O)cc(-c2ccccc2)n1. The monoisotopic (exact) mass is 252 g/mol. The van der Waals surface area contributed by atoms with Gasteiger partial charge in [-0.25, -0.2) is 9.97 Å². The summed E-state index contributed by atoms with van der Waals surface area (Å²) in [7, 11) is 0. The zero-order valence-corrected chi connectivity index (χ0v) is 10.1. The second-order valence-corrected chi connectivity index (χ2v) is 3.75. The first kappa shape index (κ1) is 12.6. The quantitative estimate of drug-likeness (QED) is 0.803. The second kappa shape index (κ2) is 5.65. The lowest BCUT2D eigenvalue weighted by Crippen LogP contribution is -2.15. The molecule has 1 amide bonds. The molecule has 0 aliphatic heterocycles. The summed E-state index contributed by atoms with van der Waals surface area (Å²) in [5.41, 5.74) is 6.89. The summed E-state index contributed by atoms with van der Waals surface area (Å²) in [4.78, 5) is 19.6. The maximum Gasteiger partial charge on any atom is 0.267 e. The lowest BCUT2D eigenvalue weighted by atomic mass is 10.1. The average molecular weight is 252 g/mol. The number of carbonyl (C=O) groups is 1. The molecule has 2 rings (SSSR count). The predicted octanol–water partition coefficient (Wildman–Crippen LogP) is 1.29. The molecule has 2 aromatic rings. The van der Waals surface area contributed by atoms with E-state index in [4.69, 9.17) is 12.2 Å². The van der Waals surface area contributed by atoms with Crippen LogP contribution in [0, 0.1) is 12.3 Å². The Morgan fingerprint density at radius 2 is 2.05 bits per heavy atom. The zero-order chi connectivity index (χ0) is 13.7. The molecule has 0 atom stereocenters. The van der Waals surface area contributed by atoms with Crippen molar-refractivity contribution >= 4 is 11.9 Å². The maximum absolute atomic E-state index is 11.3. The molecule has 1 heterocycles. The first-order valence-electron chi connectivity index (χ1n) is 5.62. The summed E-state index contributed by atoms with van der Waals surface area (Å²) in [6, 6.07) is 11.0. The molecule has 94 valence electrons. The highest BCUT2D eigenvalue weighted by atomic mass is 16.1. The van der Waals surface area contributed by atoms with Crippen molar-refractivity contribution in [3.8, 4) is 23.6 Å². The minimum atomic E-state index is -0.608. The van der Waals surface area contributed by atoms with Gasteiger partial charge in [0, 0.05) is 5.56 Å². The minimum Gasteiger partial charge on any atom is -0.364 e. The standard InChI is InChI=1S/C14H12N4O/c1-2-8-16-14-17-11(9-12(18-14)13(15)19)10-6-4-3-5-7-10/h1,3-7,9H,8H2,(H2,15,19)(H,16,17,18). The molecule has 0 radical (unpaired) electrons. The Morgan fingerprint density at radius 1 is 1.32 bits per heavy atom. The Morgan fingerprint density at radius 3 is 2.68 bits per heavy atom. The summed E-state index contributed by atoms with van der Waals surface area (Å²) < 4.78 is 0. The lowest BCUT2D eigenvalue weighted by molar-refractivity contribution is 0.0995. The Balaban J connectivity index is 2.46. The highest BCUT2D eigenvalue weighted by Gasteiger charge is 2.09. The van der Waals surface area contributed by atoms with Crippen molar-refractivity contribution < 1.29 is 4.79 Å². The van der Waals surface area contributed by atoms with Gasteiger partial charge in [-0.2, -0.15) is 0 Å². The van der Waals surface area contributed by atoms with Gasteiger partial charge in [-0.3, -0.25) is 4.79 Å². The Labute approximate surface area is 110 Å². The van der Waals surface area contributed by atoms with E-state index in [0.29, 0.717) is 5.69 Å². The Bertz CT molecular complexity index is 632. The number of benzene rings is 1. The molecule has 5 heteroatoms. The number of nitrogens with one attached hydrogen (secondary N) is 1. The molecule has 1 aromatic carbocycles. The molecule has 0 unspecified atom stereocenters. The number of hydrogen-bond donors (Lipinski definition) is 2. The number of terminal acetylenes is 1. The highest BCUT2D eigenvalue weighted by molar-refractivity contribution is 5.92. The van der Waals surface area contributed by atoms with Crippen LogP contribution in [0.3, 0.4) is 0 Å². The van der Waals surface area contributed by atoms with Crippen LogP contribution >= 0.6 is 0 Å². The van der Waals surface area contributed by atoms with Gasteiger partial charge in [-0.1, -0.05) is 36.3 Å². The molecule has 0 bridgehead atoms. The molecule has 0 saturated heterocycles. The number of rotatable bonds is 4. The number of anilines is 1. The summed E-state index contributed by atoms with van der Waals surface area (Å²) in [5.74, 6) is 2.09. The van der Waals surface area contributed by atoms with Crippen LogP contribution in [-0.4, -0.2) is 22.4 Å². The van der Waals surface area contributed by atoms with Crippen LogP contribution in [0.25, 0.3) is 11.3 Å². The number of nitrogens with two attached hydrogens (primary N) is 1. The molecule has 3 N–H and O–H groups in total. The topological polar surface area (TPSA) is 80.9 Å². The van der Waals surface area contributed by atoms with Gasteiger partial charge in [0.15, 0.2) is 0 Å². The van der Waals surface area contributed by atoms with E-state index in [-0.39, 0.29) is 18.2 Å². The van der Waals surface area contributed by atoms with E-state index >= 15 is 0 Å². The highest BCUT2D eigenvalue weighted by Crippen LogP contribution is 2.18. The fraction of sp³-hybridized carbons (Fsp3) is 0.0714. The molecule has 0 saturated carbocycles. The number of nitrogens with zero attached hydrogens (tertiary/aromatic N) is 2. The van der Waals surface area contributed by atoms with Gasteiger partial charge in [0.2, 0.25) is 5.95 Å². The van der Waals surface area contributed by atoms with Crippen molar-refractivity contribution in [1.82, 2.24) is 9.97 Å². The van der Waals surface area contributed by atoms with Crippen LogP contribution in [0.2, 0.25) is 0 Å². The number of primary amides is 1. The van der Waals surface area contributed by atoms with Gasteiger partial charge in [-0.15, -0.1) is 6.42 Å². The normalized spacial score (nSPS) is 9.63. The van der Waals surface area contributed by atoms with E-state index in [2.05, 4.69) is 21.2 Å². The summed E-state index contributed by atoms with van der Waals surface area (Å²) in [5, 5.41) is 2.83. The number of aromatic nitrogens is 2.